The molecule has 1 N–H and O–H groups in total. The van der Waals surface area contributed by atoms with Crippen LogP contribution >= 0.6 is 0 Å². The van der Waals surface area contributed by atoms with Gasteiger partial charge in [0.2, 0.25) is 0 Å². The van der Waals surface area contributed by atoms with Crippen LogP contribution in [0.5, 0.6) is 0 Å². The molecule has 0 atom stereocenters. The molecule has 1 saturated carbocycles. The second-order valence-electron chi connectivity index (χ2n) is 7.94. The summed E-state index contributed by atoms with van der Waals surface area (Å²) in [7, 11) is 0. The van der Waals surface area contributed by atoms with E-state index in [1.54, 1.807) is 6.21 Å². The van der Waals surface area contributed by atoms with Crippen LogP contribution in [0.1, 0.15) is 71.8 Å². The van der Waals surface area contributed by atoms with Crippen LogP contribution < -0.4 is 5.43 Å². The van der Waals surface area contributed by atoms with E-state index in [0.29, 0.717) is 11.6 Å². The highest BCUT2D eigenvalue weighted by Crippen LogP contribution is 2.33. The van der Waals surface area contributed by atoms with E-state index in [1.165, 1.54) is 37.1 Å². The Morgan fingerprint density at radius 3 is 2.72 bits per heavy atom. The summed E-state index contributed by atoms with van der Waals surface area (Å²) < 4.78 is 4.56. The van der Waals surface area contributed by atoms with Gasteiger partial charge in [0.15, 0.2) is 0 Å². The molecule has 1 fully saturated rings. The van der Waals surface area contributed by atoms with E-state index in [4.69, 9.17) is 0 Å². The molecule has 29 heavy (non-hydrogen) atoms. The number of aryl methyl sites for hydroxylation is 3. The average molecular weight is 392 g/mol. The second-order valence-corrected chi connectivity index (χ2v) is 7.94. The van der Waals surface area contributed by atoms with Crippen molar-refractivity contribution in [1.29, 1.82) is 0 Å². The molecule has 4 rings (SSSR count). The van der Waals surface area contributed by atoms with Crippen molar-refractivity contribution < 1.29 is 4.79 Å². The molecule has 2 heterocycles. The molecule has 1 aromatic carbocycles. The normalized spacial score (nSPS) is 15.0. The number of amides is 1. The first kappa shape index (κ1) is 19.4. The topological polar surface area (TPSA) is 64.2 Å². The van der Waals surface area contributed by atoms with Gasteiger partial charge in [-0.2, -0.15) is 5.10 Å². The van der Waals surface area contributed by atoms with Crippen molar-refractivity contribution in [2.45, 2.75) is 66.0 Å². The fraction of sp³-hybridized carbons (Fsp3) is 0.435. The van der Waals surface area contributed by atoms with Gasteiger partial charge in [0.25, 0.3) is 5.91 Å². The molecule has 0 aliphatic heterocycles. The monoisotopic (exact) mass is 391 g/mol. The second kappa shape index (κ2) is 7.85. The minimum Gasteiger partial charge on any atom is -0.345 e. The molecule has 0 spiro atoms. The Labute approximate surface area is 171 Å². The SMILES string of the molecule is CCn1c(C)nc2cc(C(=O)NN=Cc3cc(C)n(C4CCCC4)c3C)ccc21. The highest BCUT2D eigenvalue weighted by atomic mass is 16.2. The lowest BCUT2D eigenvalue weighted by molar-refractivity contribution is 0.0955. The van der Waals surface area contributed by atoms with Crippen molar-refractivity contribution in [3.63, 3.8) is 0 Å². The number of benzene rings is 1. The predicted molar refractivity (Wildman–Crippen MR) is 117 cm³/mol. The largest absolute Gasteiger partial charge is 0.345 e. The summed E-state index contributed by atoms with van der Waals surface area (Å²) in [5, 5.41) is 4.22. The van der Waals surface area contributed by atoms with E-state index in [-0.39, 0.29) is 5.91 Å². The molecule has 1 aliphatic carbocycles. The first-order valence-electron chi connectivity index (χ1n) is 10.5. The van der Waals surface area contributed by atoms with Crippen molar-refractivity contribution in [3.05, 3.63) is 52.6 Å². The van der Waals surface area contributed by atoms with E-state index >= 15 is 0 Å². The summed E-state index contributed by atoms with van der Waals surface area (Å²) in [4.78, 5) is 17.1. The molecule has 0 saturated heterocycles. The number of imidazole rings is 1. The highest BCUT2D eigenvalue weighted by molar-refractivity contribution is 5.98. The summed E-state index contributed by atoms with van der Waals surface area (Å²) in [5.41, 5.74) is 8.64. The summed E-state index contributed by atoms with van der Waals surface area (Å²) in [5.74, 6) is 0.729. The maximum absolute atomic E-state index is 12.5. The maximum Gasteiger partial charge on any atom is 0.271 e. The minimum atomic E-state index is -0.226. The molecule has 1 amide bonds. The van der Waals surface area contributed by atoms with Gasteiger partial charge < -0.3 is 9.13 Å². The molecule has 0 unspecified atom stereocenters. The lowest BCUT2D eigenvalue weighted by Crippen LogP contribution is -2.17. The van der Waals surface area contributed by atoms with Crippen LogP contribution in [0.25, 0.3) is 11.0 Å². The highest BCUT2D eigenvalue weighted by Gasteiger charge is 2.20. The third-order valence-electron chi connectivity index (χ3n) is 6.10. The fourth-order valence-electron chi connectivity index (χ4n) is 4.67. The molecule has 1 aliphatic rings. The molecule has 6 nitrogen and oxygen atoms in total. The van der Waals surface area contributed by atoms with Crippen molar-refractivity contribution in [1.82, 2.24) is 19.5 Å². The number of aromatic nitrogens is 3. The van der Waals surface area contributed by atoms with Crippen molar-refractivity contribution in [3.8, 4) is 0 Å². The van der Waals surface area contributed by atoms with Gasteiger partial charge in [-0.15, -0.1) is 0 Å². The molecule has 2 aromatic heterocycles. The quantitative estimate of drug-likeness (QED) is 0.508. The van der Waals surface area contributed by atoms with Gasteiger partial charge in [-0.05, 0) is 64.8 Å². The number of hydrazone groups is 1. The van der Waals surface area contributed by atoms with Gasteiger partial charge in [-0.3, -0.25) is 4.79 Å². The number of hydrogen-bond acceptors (Lipinski definition) is 3. The number of fused-ring (bicyclic) bond motifs is 1. The summed E-state index contributed by atoms with van der Waals surface area (Å²) in [6, 6.07) is 8.35. The number of nitrogens with one attached hydrogen (secondary N) is 1. The zero-order valence-electron chi connectivity index (χ0n) is 17.7. The van der Waals surface area contributed by atoms with E-state index in [9.17, 15) is 4.79 Å². The third-order valence-corrected chi connectivity index (χ3v) is 6.10. The van der Waals surface area contributed by atoms with Crippen LogP contribution in [0.15, 0.2) is 29.4 Å². The number of carbonyl (C=O) groups is 1. The van der Waals surface area contributed by atoms with Crippen LogP contribution in [0, 0.1) is 20.8 Å². The Balaban J connectivity index is 1.49. The number of nitrogens with zero attached hydrogens (tertiary/aromatic N) is 4. The van der Waals surface area contributed by atoms with Gasteiger partial charge >= 0.3 is 0 Å². The maximum atomic E-state index is 12.5. The van der Waals surface area contributed by atoms with E-state index in [2.05, 4.69) is 51.5 Å². The Hall–Kier alpha value is -2.89. The molecular formula is C23H29N5O. The number of carbonyl (C=O) groups excluding carboxylic acids is 1. The van der Waals surface area contributed by atoms with Crippen LogP contribution in [0.4, 0.5) is 0 Å². The Morgan fingerprint density at radius 2 is 2.00 bits per heavy atom. The zero-order valence-corrected chi connectivity index (χ0v) is 17.7. The van der Waals surface area contributed by atoms with E-state index in [1.807, 2.05) is 25.1 Å². The summed E-state index contributed by atoms with van der Waals surface area (Å²) in [6.07, 6.45) is 6.86. The predicted octanol–water partition coefficient (Wildman–Crippen LogP) is 4.66. The lowest BCUT2D eigenvalue weighted by Gasteiger charge is -2.17. The average Bonchev–Trinajstić information content (AvgIpc) is 3.39. The van der Waals surface area contributed by atoms with Crippen molar-refractivity contribution >= 4 is 23.2 Å². The van der Waals surface area contributed by atoms with Gasteiger partial charge in [-0.25, -0.2) is 10.4 Å². The van der Waals surface area contributed by atoms with Crippen LogP contribution in [0.2, 0.25) is 0 Å². The lowest BCUT2D eigenvalue weighted by atomic mass is 10.2. The molecule has 0 bridgehead atoms. The van der Waals surface area contributed by atoms with Crippen LogP contribution in [-0.4, -0.2) is 26.2 Å². The number of hydrogen-bond donors (Lipinski definition) is 1. The van der Waals surface area contributed by atoms with Gasteiger partial charge in [0.1, 0.15) is 5.82 Å². The van der Waals surface area contributed by atoms with E-state index in [0.717, 1.165) is 29.0 Å². The first-order chi connectivity index (χ1) is 14.0. The molecule has 0 radical (unpaired) electrons. The Morgan fingerprint density at radius 1 is 1.24 bits per heavy atom. The minimum absolute atomic E-state index is 0.226. The first-order valence-corrected chi connectivity index (χ1v) is 10.5. The zero-order chi connectivity index (χ0) is 20.5. The van der Waals surface area contributed by atoms with Crippen LogP contribution in [-0.2, 0) is 6.54 Å². The van der Waals surface area contributed by atoms with Gasteiger partial charge in [0.05, 0.1) is 17.2 Å². The molecule has 6 heteroatoms. The summed E-state index contributed by atoms with van der Waals surface area (Å²) >= 11 is 0. The van der Waals surface area contributed by atoms with Gasteiger partial charge in [0, 0.05) is 35.1 Å². The van der Waals surface area contributed by atoms with Gasteiger partial charge in [-0.1, -0.05) is 12.8 Å². The molecule has 152 valence electrons. The molecular weight excluding hydrogens is 362 g/mol. The Bertz CT molecular complexity index is 1080. The van der Waals surface area contributed by atoms with Crippen LogP contribution in [0.3, 0.4) is 0 Å². The van der Waals surface area contributed by atoms with Crippen molar-refractivity contribution in [2.24, 2.45) is 5.10 Å². The van der Waals surface area contributed by atoms with Crippen molar-refractivity contribution in [2.75, 3.05) is 0 Å². The summed E-state index contributed by atoms with van der Waals surface area (Å²) in [6.45, 7) is 9.21. The third kappa shape index (κ3) is 3.59. The smallest absolute Gasteiger partial charge is 0.271 e. The van der Waals surface area contributed by atoms with E-state index < -0.39 is 0 Å². The standard InChI is InChI=1S/C23H29N5O/c1-5-27-17(4)25-21-13-18(10-11-22(21)27)23(29)26-24-14-19-12-15(2)28(16(19)3)20-8-6-7-9-20/h10-14,20H,5-9H2,1-4H3,(H,26,29). The molecule has 3 aromatic rings. The fourth-order valence-corrected chi connectivity index (χ4v) is 4.67. The Kier molecular flexibility index (Phi) is 5.26. The number of rotatable bonds is 5.